The maximum atomic E-state index is 14.2. The molecule has 1 N–H and O–H groups in total. The number of aliphatic hydroxyl groups is 1. The molecular weight excluding hydrogens is 784 g/mol. The van der Waals surface area contributed by atoms with Crippen molar-refractivity contribution in [1.29, 1.82) is 0 Å². The van der Waals surface area contributed by atoms with E-state index in [4.69, 9.17) is 38.1 Å². The zero-order valence-electron chi connectivity index (χ0n) is 31.8. The van der Waals surface area contributed by atoms with Crippen molar-refractivity contribution in [3.63, 3.8) is 0 Å². The molecule has 4 aliphatic rings. The van der Waals surface area contributed by atoms with Crippen LogP contribution in [0.1, 0.15) is 63.1 Å². The fraction of sp³-hybridized carbons (Fsp3) is 0.452. The molecule has 0 unspecified atom stereocenters. The number of ether oxygens (including phenoxy) is 7. The number of benzene rings is 3. The lowest BCUT2D eigenvalue weighted by Crippen LogP contribution is -2.39. The fourth-order valence-corrected chi connectivity index (χ4v) is 9.60. The molecule has 3 aromatic carbocycles. The molecule has 2 aromatic heterocycles. The third-order valence-electron chi connectivity index (χ3n) is 11.4. The molecule has 1 aliphatic carbocycles. The number of methoxy groups -OCH3 is 1. The minimum absolute atomic E-state index is 0.0789. The summed E-state index contributed by atoms with van der Waals surface area (Å²) in [7, 11) is 1.65. The predicted molar refractivity (Wildman–Crippen MR) is 207 cm³/mol. The summed E-state index contributed by atoms with van der Waals surface area (Å²) in [6.45, 7) is 7.46. The summed E-state index contributed by atoms with van der Waals surface area (Å²) < 4.78 is 48.7. The highest BCUT2D eigenvalue weighted by Gasteiger charge is 2.58. The van der Waals surface area contributed by atoms with Crippen molar-refractivity contribution in [2.24, 2.45) is 5.92 Å². The molecule has 5 aromatic rings. The van der Waals surface area contributed by atoms with E-state index in [1.807, 2.05) is 88.4 Å². The summed E-state index contributed by atoms with van der Waals surface area (Å²) in [6.07, 6.45) is -1.24. The number of rotatable bonds is 10. The quantitative estimate of drug-likeness (QED) is 0.134. The van der Waals surface area contributed by atoms with Crippen LogP contribution in [0.5, 0.6) is 5.75 Å². The molecule has 8 atom stereocenters. The summed E-state index contributed by atoms with van der Waals surface area (Å²) in [6, 6.07) is 27.7. The zero-order valence-corrected chi connectivity index (χ0v) is 33.4. The highest BCUT2D eigenvalue weighted by Crippen LogP contribution is 2.49. The van der Waals surface area contributed by atoms with Crippen LogP contribution < -0.4 is 10.3 Å². The van der Waals surface area contributed by atoms with Gasteiger partial charge in [-0.15, -0.1) is 0 Å². The minimum Gasteiger partial charge on any atom is -0.497 e. The van der Waals surface area contributed by atoms with Gasteiger partial charge >= 0.3 is 0 Å². The number of fused-ring (bicyclic) bond motifs is 3. The Morgan fingerprint density at radius 1 is 0.839 bits per heavy atom. The van der Waals surface area contributed by atoms with Gasteiger partial charge < -0.3 is 38.3 Å². The van der Waals surface area contributed by atoms with Gasteiger partial charge in [-0.2, -0.15) is 0 Å². The Morgan fingerprint density at radius 2 is 1.43 bits per heavy atom. The normalized spacial score (nSPS) is 29.1. The minimum atomic E-state index is -1.03. The standard InChI is InChI=1S/C42H45BrN4O9/c1-40(2)53-32-24(21-48)20-29(33(32)54-40)46-23-44-36-31(37(46)49)45-39(43)47(36)38-35-34(55-41(3,4)56-35)30(52-38)22-51-42(25-12-8-6-9-13-25,26-14-10-7-11-15-26)27-16-18-28(50-5)19-17-27/h6-19,23-24,29-30,32-35,38,48H,20-22H2,1-5H3/t24-,29-,30-,32-,33+,34-,35-,38-/m1/s1. The molecule has 294 valence electrons. The Hall–Kier alpha value is -3.99. The molecule has 3 aliphatic heterocycles. The molecular formula is C42H45BrN4O9. The molecule has 56 heavy (non-hydrogen) atoms. The van der Waals surface area contributed by atoms with E-state index >= 15 is 0 Å². The summed E-state index contributed by atoms with van der Waals surface area (Å²) in [4.78, 5) is 23.7. The Morgan fingerprint density at radius 3 is 2.05 bits per heavy atom. The van der Waals surface area contributed by atoms with E-state index in [0.717, 1.165) is 22.4 Å². The van der Waals surface area contributed by atoms with Crippen molar-refractivity contribution in [3.05, 3.63) is 123 Å². The second kappa shape index (κ2) is 14.1. The highest BCUT2D eigenvalue weighted by molar-refractivity contribution is 9.10. The molecule has 0 bridgehead atoms. The first kappa shape index (κ1) is 37.6. The lowest BCUT2D eigenvalue weighted by molar-refractivity contribution is -0.205. The number of imidazole rings is 1. The van der Waals surface area contributed by atoms with Crippen LogP contribution in [0.2, 0.25) is 0 Å². The average molecular weight is 830 g/mol. The lowest BCUT2D eigenvalue weighted by atomic mass is 9.80. The third-order valence-corrected chi connectivity index (χ3v) is 12.0. The third kappa shape index (κ3) is 6.22. The average Bonchev–Trinajstić information content (AvgIpc) is 3.97. The van der Waals surface area contributed by atoms with Crippen molar-refractivity contribution in [2.75, 3.05) is 20.3 Å². The number of aliphatic hydroxyl groups excluding tert-OH is 1. The highest BCUT2D eigenvalue weighted by atomic mass is 79.9. The van der Waals surface area contributed by atoms with Crippen LogP contribution in [0.4, 0.5) is 0 Å². The van der Waals surface area contributed by atoms with Gasteiger partial charge in [0.05, 0.1) is 25.9 Å². The van der Waals surface area contributed by atoms with Gasteiger partial charge in [0.25, 0.3) is 5.56 Å². The molecule has 0 radical (unpaired) electrons. The van der Waals surface area contributed by atoms with Crippen LogP contribution >= 0.6 is 15.9 Å². The van der Waals surface area contributed by atoms with Crippen LogP contribution in [-0.4, -0.2) is 86.6 Å². The van der Waals surface area contributed by atoms with Crippen molar-refractivity contribution in [3.8, 4) is 5.75 Å². The van der Waals surface area contributed by atoms with E-state index in [-0.39, 0.29) is 36.3 Å². The van der Waals surface area contributed by atoms with E-state index in [1.54, 1.807) is 16.2 Å². The van der Waals surface area contributed by atoms with Crippen molar-refractivity contribution in [1.82, 2.24) is 19.1 Å². The topological polar surface area (TPSA) is 138 Å². The summed E-state index contributed by atoms with van der Waals surface area (Å²) >= 11 is 3.63. The number of aromatic nitrogens is 4. The number of nitrogens with zero attached hydrogens (tertiary/aromatic N) is 4. The maximum Gasteiger partial charge on any atom is 0.281 e. The summed E-state index contributed by atoms with van der Waals surface area (Å²) in [5, 5.41) is 10.1. The first-order valence-corrected chi connectivity index (χ1v) is 19.7. The second-order valence-corrected chi connectivity index (χ2v) is 16.5. The largest absolute Gasteiger partial charge is 0.497 e. The van der Waals surface area contributed by atoms with E-state index in [9.17, 15) is 9.90 Å². The monoisotopic (exact) mass is 828 g/mol. The zero-order chi connectivity index (χ0) is 39.0. The van der Waals surface area contributed by atoms with Gasteiger partial charge in [-0.25, -0.2) is 9.97 Å². The first-order valence-electron chi connectivity index (χ1n) is 18.9. The fourth-order valence-electron chi connectivity index (χ4n) is 9.06. The van der Waals surface area contributed by atoms with Gasteiger partial charge in [-0.3, -0.25) is 13.9 Å². The van der Waals surface area contributed by atoms with E-state index < -0.39 is 53.9 Å². The number of halogens is 1. The van der Waals surface area contributed by atoms with Gasteiger partial charge in [0.2, 0.25) is 0 Å². The molecule has 9 rings (SSSR count). The predicted octanol–water partition coefficient (Wildman–Crippen LogP) is 5.86. The molecule has 0 spiro atoms. The van der Waals surface area contributed by atoms with Gasteiger partial charge in [-0.1, -0.05) is 72.8 Å². The van der Waals surface area contributed by atoms with Crippen molar-refractivity contribution >= 4 is 27.1 Å². The lowest BCUT2D eigenvalue weighted by Gasteiger charge is -2.37. The number of hydrogen-bond donors (Lipinski definition) is 1. The molecule has 5 heterocycles. The second-order valence-electron chi connectivity index (χ2n) is 15.8. The van der Waals surface area contributed by atoms with E-state index in [1.165, 1.54) is 6.33 Å². The van der Waals surface area contributed by atoms with Gasteiger partial charge in [-0.05, 0) is 78.9 Å². The van der Waals surface area contributed by atoms with Crippen LogP contribution in [0.25, 0.3) is 11.2 Å². The SMILES string of the molecule is COc1ccc(C(OC[C@H]2O[C@@H](n3c(Br)nc4c(=O)n([C@@H]5C[C@H](CO)[C@H]6OC(C)(C)O[C@H]65)cnc43)[C@@H]3OC(C)(C)O[C@@H]32)(c2ccccc2)c2ccccc2)cc1. The molecule has 1 saturated carbocycles. The first-order chi connectivity index (χ1) is 26.9. The van der Waals surface area contributed by atoms with Gasteiger partial charge in [0, 0.05) is 12.5 Å². The smallest absolute Gasteiger partial charge is 0.281 e. The Bertz CT molecular complexity index is 2230. The van der Waals surface area contributed by atoms with Crippen molar-refractivity contribution in [2.45, 2.75) is 94.1 Å². The Kier molecular flexibility index (Phi) is 9.48. The molecule has 3 saturated heterocycles. The molecule has 13 nitrogen and oxygen atoms in total. The molecule has 14 heteroatoms. The van der Waals surface area contributed by atoms with Crippen LogP contribution in [-0.2, 0) is 34.0 Å². The molecule has 0 amide bonds. The maximum absolute atomic E-state index is 14.2. The Balaban J connectivity index is 1.07. The number of hydrogen-bond acceptors (Lipinski definition) is 11. The summed E-state index contributed by atoms with van der Waals surface area (Å²) in [5.41, 5.74) is 1.90. The van der Waals surface area contributed by atoms with Crippen LogP contribution in [0.3, 0.4) is 0 Å². The van der Waals surface area contributed by atoms with Crippen molar-refractivity contribution < 1.29 is 38.3 Å². The summed E-state index contributed by atoms with van der Waals surface area (Å²) in [5.74, 6) is -1.21. The van der Waals surface area contributed by atoms with Crippen LogP contribution in [0.15, 0.2) is 101 Å². The van der Waals surface area contributed by atoms with E-state index in [0.29, 0.717) is 16.8 Å². The van der Waals surface area contributed by atoms with Gasteiger partial charge in [0.15, 0.2) is 33.7 Å². The van der Waals surface area contributed by atoms with Crippen LogP contribution in [0, 0.1) is 5.92 Å². The Labute approximate surface area is 332 Å². The molecule has 4 fully saturated rings. The van der Waals surface area contributed by atoms with E-state index in [2.05, 4.69) is 45.2 Å². The van der Waals surface area contributed by atoms with Gasteiger partial charge in [0.1, 0.15) is 42.1 Å².